The number of nitrogens with one attached hydrogen (secondary N) is 1. The number of nitrogens with zero attached hydrogens (tertiary/aromatic N) is 2. The molecule has 1 aliphatic heterocycles. The lowest BCUT2D eigenvalue weighted by Crippen LogP contribution is -2.34. The van der Waals surface area contributed by atoms with Crippen LogP contribution in [0.4, 0.5) is 5.69 Å². The van der Waals surface area contributed by atoms with Gasteiger partial charge in [-0.1, -0.05) is 38.3 Å². The molecule has 6 heteroatoms. The minimum Gasteiger partial charge on any atom is -0.396 e. The molecule has 0 unspecified atom stereocenters. The predicted octanol–water partition coefficient (Wildman–Crippen LogP) is 3.50. The molecular formula is C20H35IN4O. The van der Waals surface area contributed by atoms with Crippen molar-refractivity contribution in [3.05, 3.63) is 29.8 Å². The van der Waals surface area contributed by atoms with Gasteiger partial charge >= 0.3 is 0 Å². The van der Waals surface area contributed by atoms with E-state index in [-0.39, 0.29) is 24.0 Å². The van der Waals surface area contributed by atoms with Gasteiger partial charge in [0, 0.05) is 31.9 Å². The van der Waals surface area contributed by atoms with Gasteiger partial charge in [-0.25, -0.2) is 4.99 Å². The van der Waals surface area contributed by atoms with Gasteiger partial charge in [0.25, 0.3) is 0 Å². The van der Waals surface area contributed by atoms with E-state index in [0.717, 1.165) is 38.9 Å². The van der Waals surface area contributed by atoms with Crippen molar-refractivity contribution in [2.24, 2.45) is 16.6 Å². The number of anilines is 1. The van der Waals surface area contributed by atoms with E-state index < -0.39 is 0 Å². The summed E-state index contributed by atoms with van der Waals surface area (Å²) in [7, 11) is 0. The molecule has 26 heavy (non-hydrogen) atoms. The Balaban J connectivity index is 0.00000338. The van der Waals surface area contributed by atoms with Crippen LogP contribution in [0, 0.1) is 5.92 Å². The number of rotatable bonds is 9. The van der Waals surface area contributed by atoms with Crippen molar-refractivity contribution in [2.45, 2.75) is 52.0 Å². The fourth-order valence-corrected chi connectivity index (χ4v) is 3.19. The Morgan fingerprint density at radius 3 is 2.50 bits per heavy atom. The molecule has 1 fully saturated rings. The summed E-state index contributed by atoms with van der Waals surface area (Å²) in [6, 6.07) is 8.59. The van der Waals surface area contributed by atoms with Crippen molar-refractivity contribution < 1.29 is 5.11 Å². The predicted molar refractivity (Wildman–Crippen MR) is 121 cm³/mol. The van der Waals surface area contributed by atoms with Gasteiger partial charge in [-0.05, 0) is 42.9 Å². The molecule has 1 aromatic rings. The van der Waals surface area contributed by atoms with Crippen molar-refractivity contribution in [2.75, 3.05) is 31.1 Å². The summed E-state index contributed by atoms with van der Waals surface area (Å²) in [5.41, 5.74) is 8.35. The minimum absolute atomic E-state index is 0. The van der Waals surface area contributed by atoms with E-state index in [1.807, 2.05) is 0 Å². The average molecular weight is 474 g/mol. The second kappa shape index (κ2) is 13.2. The number of piperidine rings is 1. The van der Waals surface area contributed by atoms with Gasteiger partial charge in [-0.2, -0.15) is 0 Å². The molecule has 0 atom stereocenters. The zero-order chi connectivity index (χ0) is 17.9. The first-order valence-electron chi connectivity index (χ1n) is 9.71. The molecule has 0 radical (unpaired) electrons. The molecule has 0 amide bonds. The molecule has 4 N–H and O–H groups in total. The maximum Gasteiger partial charge on any atom is 0.188 e. The second-order valence-electron chi connectivity index (χ2n) is 6.97. The fraction of sp³-hybridized carbons (Fsp3) is 0.650. The standard InChI is InChI=1S/C20H34N4O.HI/c1-2-3-4-5-12-22-20(21)23-15-17-6-8-19(9-7-17)24-13-10-18(16-25)11-14-24;/h6-9,18,25H,2-5,10-16H2,1H3,(H3,21,22,23);1H. The van der Waals surface area contributed by atoms with Crippen LogP contribution < -0.4 is 16.0 Å². The number of hydrogen-bond acceptors (Lipinski definition) is 3. The number of unbranched alkanes of at least 4 members (excludes halogenated alkanes) is 3. The van der Waals surface area contributed by atoms with E-state index in [9.17, 15) is 5.11 Å². The smallest absolute Gasteiger partial charge is 0.188 e. The molecular weight excluding hydrogens is 439 g/mol. The van der Waals surface area contributed by atoms with E-state index in [1.165, 1.54) is 30.5 Å². The number of hydrogen-bond donors (Lipinski definition) is 3. The SMILES string of the molecule is CCCCCCNC(N)=NCc1ccc(N2CCC(CO)CC2)cc1.I. The summed E-state index contributed by atoms with van der Waals surface area (Å²) in [6.07, 6.45) is 7.06. The van der Waals surface area contributed by atoms with Crippen molar-refractivity contribution in [3.8, 4) is 0 Å². The molecule has 2 rings (SSSR count). The van der Waals surface area contributed by atoms with E-state index in [1.54, 1.807) is 0 Å². The quantitative estimate of drug-likeness (QED) is 0.222. The van der Waals surface area contributed by atoms with Gasteiger partial charge in [0.2, 0.25) is 0 Å². The summed E-state index contributed by atoms with van der Waals surface area (Å²) in [4.78, 5) is 6.81. The van der Waals surface area contributed by atoms with Gasteiger partial charge in [0.15, 0.2) is 5.96 Å². The minimum atomic E-state index is 0. The molecule has 5 nitrogen and oxygen atoms in total. The number of halogens is 1. The Hall–Kier alpha value is -1.02. The highest BCUT2D eigenvalue weighted by molar-refractivity contribution is 14.0. The zero-order valence-corrected chi connectivity index (χ0v) is 18.3. The summed E-state index contributed by atoms with van der Waals surface area (Å²) in [5.74, 6) is 1.01. The molecule has 0 bridgehead atoms. The Labute approximate surface area is 175 Å². The van der Waals surface area contributed by atoms with Gasteiger partial charge in [-0.3, -0.25) is 0 Å². The number of aliphatic hydroxyl groups is 1. The number of guanidine groups is 1. The van der Waals surface area contributed by atoms with E-state index in [2.05, 4.69) is 46.4 Å². The summed E-state index contributed by atoms with van der Waals surface area (Å²) in [5, 5.41) is 12.4. The average Bonchev–Trinajstić information content (AvgIpc) is 2.67. The maximum atomic E-state index is 9.23. The van der Waals surface area contributed by atoms with E-state index >= 15 is 0 Å². The Morgan fingerprint density at radius 2 is 1.88 bits per heavy atom. The van der Waals surface area contributed by atoms with Crippen molar-refractivity contribution in [1.29, 1.82) is 0 Å². The van der Waals surface area contributed by atoms with Crippen molar-refractivity contribution in [3.63, 3.8) is 0 Å². The van der Waals surface area contributed by atoms with Crippen LogP contribution in [0.3, 0.4) is 0 Å². The number of aliphatic hydroxyl groups excluding tert-OH is 1. The van der Waals surface area contributed by atoms with Crippen LogP contribution in [-0.4, -0.2) is 37.3 Å². The molecule has 148 valence electrons. The highest BCUT2D eigenvalue weighted by atomic mass is 127. The molecule has 1 aromatic carbocycles. The van der Waals surface area contributed by atoms with E-state index in [4.69, 9.17) is 5.73 Å². The first kappa shape index (κ1) is 23.0. The van der Waals surface area contributed by atoms with Crippen LogP contribution in [-0.2, 0) is 6.54 Å². The highest BCUT2D eigenvalue weighted by Gasteiger charge is 2.18. The second-order valence-corrected chi connectivity index (χ2v) is 6.97. The van der Waals surface area contributed by atoms with Crippen LogP contribution >= 0.6 is 24.0 Å². The largest absolute Gasteiger partial charge is 0.396 e. The number of nitrogens with two attached hydrogens (primary N) is 1. The van der Waals surface area contributed by atoms with Crippen LogP contribution in [0.2, 0.25) is 0 Å². The van der Waals surface area contributed by atoms with Gasteiger partial charge in [0.05, 0.1) is 6.54 Å². The lowest BCUT2D eigenvalue weighted by molar-refractivity contribution is 0.203. The third-order valence-corrected chi connectivity index (χ3v) is 4.94. The van der Waals surface area contributed by atoms with Gasteiger partial charge in [-0.15, -0.1) is 24.0 Å². The lowest BCUT2D eigenvalue weighted by atomic mass is 9.97. The van der Waals surface area contributed by atoms with Crippen LogP contribution in [0.15, 0.2) is 29.3 Å². The Bertz CT molecular complexity index is 513. The molecule has 0 aliphatic carbocycles. The first-order chi connectivity index (χ1) is 12.2. The first-order valence-corrected chi connectivity index (χ1v) is 9.71. The van der Waals surface area contributed by atoms with Crippen LogP contribution in [0.25, 0.3) is 0 Å². The number of aliphatic imine (C=N–C) groups is 1. The normalized spacial score (nSPS) is 15.6. The van der Waals surface area contributed by atoms with Crippen LogP contribution in [0.5, 0.6) is 0 Å². The summed E-state index contributed by atoms with van der Waals surface area (Å²) < 4.78 is 0. The lowest BCUT2D eigenvalue weighted by Gasteiger charge is -2.32. The maximum absolute atomic E-state index is 9.23. The molecule has 0 spiro atoms. The van der Waals surface area contributed by atoms with Gasteiger partial charge in [0.1, 0.15) is 0 Å². The third kappa shape index (κ3) is 8.12. The Morgan fingerprint density at radius 1 is 1.19 bits per heavy atom. The van der Waals surface area contributed by atoms with Crippen LogP contribution in [0.1, 0.15) is 51.0 Å². The summed E-state index contributed by atoms with van der Waals surface area (Å²) in [6.45, 7) is 6.10. The summed E-state index contributed by atoms with van der Waals surface area (Å²) >= 11 is 0. The molecule has 1 aliphatic rings. The highest BCUT2D eigenvalue weighted by Crippen LogP contribution is 2.23. The Kier molecular flexibility index (Phi) is 11.7. The molecule has 1 heterocycles. The van der Waals surface area contributed by atoms with E-state index in [0.29, 0.717) is 25.0 Å². The molecule has 1 saturated heterocycles. The van der Waals surface area contributed by atoms with Gasteiger partial charge < -0.3 is 21.1 Å². The zero-order valence-electron chi connectivity index (χ0n) is 16.0. The molecule has 0 aromatic heterocycles. The monoisotopic (exact) mass is 474 g/mol. The van der Waals surface area contributed by atoms with Crippen molar-refractivity contribution >= 4 is 35.6 Å². The molecule has 0 saturated carbocycles. The fourth-order valence-electron chi connectivity index (χ4n) is 3.19. The van der Waals surface area contributed by atoms with Crippen molar-refractivity contribution in [1.82, 2.24) is 5.32 Å². The topological polar surface area (TPSA) is 73.9 Å². The third-order valence-electron chi connectivity index (χ3n) is 4.94. The number of benzene rings is 1.